The predicted octanol–water partition coefficient (Wildman–Crippen LogP) is 6.73. The third-order valence-electron chi connectivity index (χ3n) is 5.23. The first-order valence-corrected chi connectivity index (χ1v) is 13.4. The van der Waals surface area contributed by atoms with E-state index < -0.39 is 8.07 Å². The largest absolute Gasteiger partial charge is 0.248 e. The van der Waals surface area contributed by atoms with Gasteiger partial charge in [0.05, 0.1) is 19.3 Å². The number of rotatable bonds is 3. The number of hydrogen-bond donors (Lipinski definition) is 0. The molecule has 0 radical (unpaired) electrons. The average Bonchev–Trinajstić information content (AvgIpc) is 2.66. The van der Waals surface area contributed by atoms with Gasteiger partial charge in [0, 0.05) is 10.9 Å². The molecule has 0 N–H and O–H groups in total. The molecular formula is C26H27NSi. The maximum Gasteiger partial charge on any atom is 0.0804 e. The summed E-state index contributed by atoms with van der Waals surface area (Å²) >= 11 is 0. The van der Waals surface area contributed by atoms with Crippen LogP contribution in [0.4, 0.5) is 0 Å². The molecular weight excluding hydrogens is 354 g/mol. The molecule has 0 spiro atoms. The first kappa shape index (κ1) is 18.6. The third kappa shape index (κ3) is 3.65. The second-order valence-corrected chi connectivity index (χ2v) is 13.8. The Balaban J connectivity index is 1.95. The van der Waals surface area contributed by atoms with Gasteiger partial charge < -0.3 is 0 Å². The van der Waals surface area contributed by atoms with Crippen LogP contribution in [0.25, 0.3) is 33.3 Å². The number of pyridine rings is 1. The Morgan fingerprint density at radius 2 is 1.32 bits per heavy atom. The van der Waals surface area contributed by atoms with Gasteiger partial charge in [-0.25, -0.2) is 4.98 Å². The van der Waals surface area contributed by atoms with E-state index >= 15 is 0 Å². The molecule has 0 unspecified atom stereocenters. The third-order valence-corrected chi connectivity index (χ3v) is 7.22. The van der Waals surface area contributed by atoms with Crippen LogP contribution in [-0.4, -0.2) is 13.1 Å². The van der Waals surface area contributed by atoms with E-state index in [9.17, 15) is 0 Å². The van der Waals surface area contributed by atoms with Crippen LogP contribution in [0.15, 0.2) is 72.8 Å². The first-order chi connectivity index (χ1) is 13.3. The lowest BCUT2D eigenvalue weighted by Gasteiger charge is -2.22. The summed E-state index contributed by atoms with van der Waals surface area (Å²) in [5.41, 5.74) is 8.54. The summed E-state index contributed by atoms with van der Waals surface area (Å²) in [7, 11) is -1.57. The summed E-state index contributed by atoms with van der Waals surface area (Å²) < 4.78 is 0. The zero-order valence-corrected chi connectivity index (χ0v) is 18.4. The minimum atomic E-state index is -1.57. The van der Waals surface area contributed by atoms with Gasteiger partial charge in [-0.15, -0.1) is 0 Å². The Kier molecular flexibility index (Phi) is 4.68. The molecule has 0 aliphatic rings. The van der Waals surface area contributed by atoms with Gasteiger partial charge in [-0.05, 0) is 54.4 Å². The van der Waals surface area contributed by atoms with E-state index in [1.54, 1.807) is 0 Å². The Hall–Kier alpha value is -2.71. The van der Waals surface area contributed by atoms with Gasteiger partial charge >= 0.3 is 0 Å². The van der Waals surface area contributed by atoms with Gasteiger partial charge in [-0.2, -0.15) is 0 Å². The molecule has 0 aliphatic carbocycles. The highest BCUT2D eigenvalue weighted by Crippen LogP contribution is 2.28. The lowest BCUT2D eigenvalue weighted by atomic mass is 10.0. The van der Waals surface area contributed by atoms with Crippen molar-refractivity contribution in [3.05, 3.63) is 83.9 Å². The van der Waals surface area contributed by atoms with E-state index in [2.05, 4.69) is 106 Å². The Morgan fingerprint density at radius 3 is 1.96 bits per heavy atom. The molecule has 0 saturated carbocycles. The van der Waals surface area contributed by atoms with Crippen LogP contribution >= 0.6 is 0 Å². The Labute approximate surface area is 169 Å². The molecule has 2 heteroatoms. The van der Waals surface area contributed by atoms with Crippen molar-refractivity contribution in [1.82, 2.24) is 4.98 Å². The molecule has 0 amide bonds. The van der Waals surface area contributed by atoms with Gasteiger partial charge in [-0.1, -0.05) is 79.3 Å². The smallest absolute Gasteiger partial charge is 0.0804 e. The van der Waals surface area contributed by atoms with Crippen molar-refractivity contribution in [2.75, 3.05) is 0 Å². The van der Waals surface area contributed by atoms with E-state index in [1.807, 2.05) is 0 Å². The summed E-state index contributed by atoms with van der Waals surface area (Å²) in [4.78, 5) is 5.16. The minimum Gasteiger partial charge on any atom is -0.248 e. The van der Waals surface area contributed by atoms with Gasteiger partial charge in [0.1, 0.15) is 0 Å². The van der Waals surface area contributed by atoms with Crippen molar-refractivity contribution in [2.45, 2.75) is 33.5 Å². The summed E-state index contributed by atoms with van der Waals surface area (Å²) in [6.07, 6.45) is 0. The monoisotopic (exact) mass is 381 g/mol. The summed E-state index contributed by atoms with van der Waals surface area (Å²) in [5, 5.41) is 2.65. The normalized spacial score (nSPS) is 11.8. The zero-order valence-electron chi connectivity index (χ0n) is 17.4. The number of benzene rings is 3. The lowest BCUT2D eigenvalue weighted by Crippen LogP contribution is -2.39. The molecule has 28 heavy (non-hydrogen) atoms. The Bertz CT molecular complexity index is 1130. The second kappa shape index (κ2) is 7.03. The molecule has 4 aromatic rings. The van der Waals surface area contributed by atoms with Gasteiger partial charge in [-0.3, -0.25) is 0 Å². The van der Waals surface area contributed by atoms with Crippen molar-refractivity contribution in [2.24, 2.45) is 0 Å². The van der Waals surface area contributed by atoms with Crippen molar-refractivity contribution in [1.29, 1.82) is 0 Å². The van der Waals surface area contributed by atoms with Crippen LogP contribution < -0.4 is 5.19 Å². The molecule has 140 valence electrons. The highest BCUT2D eigenvalue weighted by Gasteiger charge is 2.23. The number of aromatic nitrogens is 1. The van der Waals surface area contributed by atoms with Crippen molar-refractivity contribution in [3.63, 3.8) is 0 Å². The standard InChI is InChI=1S/C26H27NSi/c1-18-13-19(2)15-23(14-18)26-25(28(3,4)5)17-22-16-21(11-12-24(22)27-26)20-9-7-6-8-10-20/h6-17H,1-5H3. The molecule has 0 aliphatic heterocycles. The number of fused-ring (bicyclic) bond motifs is 1. The Morgan fingerprint density at radius 1 is 0.643 bits per heavy atom. The summed E-state index contributed by atoms with van der Waals surface area (Å²) in [6, 6.07) is 26.4. The number of nitrogens with zero attached hydrogens (tertiary/aromatic N) is 1. The SMILES string of the molecule is Cc1cc(C)cc(-c2nc3ccc(-c4ccccc4)cc3cc2[Si](C)(C)C)c1. The van der Waals surface area contributed by atoms with Crippen LogP contribution in [-0.2, 0) is 0 Å². The molecule has 0 atom stereocenters. The molecule has 0 saturated heterocycles. The van der Waals surface area contributed by atoms with Crippen LogP contribution in [0.3, 0.4) is 0 Å². The van der Waals surface area contributed by atoms with E-state index in [0.717, 1.165) is 11.2 Å². The highest BCUT2D eigenvalue weighted by molar-refractivity contribution is 6.89. The molecule has 3 aromatic carbocycles. The van der Waals surface area contributed by atoms with E-state index in [-0.39, 0.29) is 0 Å². The molecule has 1 aromatic heterocycles. The average molecular weight is 382 g/mol. The predicted molar refractivity (Wildman–Crippen MR) is 125 cm³/mol. The lowest BCUT2D eigenvalue weighted by molar-refractivity contribution is 1.35. The van der Waals surface area contributed by atoms with Gasteiger partial charge in [0.15, 0.2) is 0 Å². The molecule has 1 heterocycles. The van der Waals surface area contributed by atoms with Crippen LogP contribution in [0.5, 0.6) is 0 Å². The second-order valence-electron chi connectivity index (χ2n) is 8.78. The maximum atomic E-state index is 5.16. The summed E-state index contributed by atoms with van der Waals surface area (Å²) in [6.45, 7) is 11.5. The summed E-state index contributed by atoms with van der Waals surface area (Å²) in [5.74, 6) is 0. The molecule has 0 bridgehead atoms. The van der Waals surface area contributed by atoms with E-state index in [0.29, 0.717) is 0 Å². The number of hydrogen-bond acceptors (Lipinski definition) is 1. The molecule has 1 nitrogen and oxygen atoms in total. The number of aryl methyl sites for hydroxylation is 2. The molecule has 0 fully saturated rings. The van der Waals surface area contributed by atoms with Gasteiger partial charge in [0.25, 0.3) is 0 Å². The first-order valence-electron chi connectivity index (χ1n) is 9.91. The van der Waals surface area contributed by atoms with Crippen LogP contribution in [0.1, 0.15) is 11.1 Å². The van der Waals surface area contributed by atoms with Crippen LogP contribution in [0.2, 0.25) is 19.6 Å². The fraction of sp³-hybridized carbons (Fsp3) is 0.192. The van der Waals surface area contributed by atoms with E-state index in [1.165, 1.54) is 38.4 Å². The van der Waals surface area contributed by atoms with Crippen molar-refractivity contribution >= 4 is 24.2 Å². The fourth-order valence-corrected chi connectivity index (χ4v) is 5.39. The molecule has 4 rings (SSSR count). The minimum absolute atomic E-state index is 1.07. The highest BCUT2D eigenvalue weighted by atomic mass is 28.3. The van der Waals surface area contributed by atoms with Crippen molar-refractivity contribution < 1.29 is 0 Å². The quantitative estimate of drug-likeness (QED) is 0.358. The van der Waals surface area contributed by atoms with E-state index in [4.69, 9.17) is 4.98 Å². The topological polar surface area (TPSA) is 12.9 Å². The maximum absolute atomic E-state index is 5.16. The van der Waals surface area contributed by atoms with Crippen LogP contribution in [0, 0.1) is 13.8 Å². The fourth-order valence-electron chi connectivity index (χ4n) is 3.89. The zero-order chi connectivity index (χ0) is 19.9. The van der Waals surface area contributed by atoms with Gasteiger partial charge in [0.2, 0.25) is 0 Å². The van der Waals surface area contributed by atoms with Crippen molar-refractivity contribution in [3.8, 4) is 22.4 Å².